The molecule has 0 aromatic heterocycles. The highest BCUT2D eigenvalue weighted by atomic mass is 16.5. The smallest absolute Gasteiger partial charge is 0.303 e. The Labute approximate surface area is 146 Å². The Hall–Kier alpha value is -1.34. The van der Waals surface area contributed by atoms with Crippen LogP contribution < -0.4 is 0 Å². The van der Waals surface area contributed by atoms with Gasteiger partial charge in [0.05, 0.1) is 0 Å². The summed E-state index contributed by atoms with van der Waals surface area (Å²) >= 11 is 0. The first kappa shape index (κ1) is 19.0. The molecule has 3 heteroatoms. The number of Topliss-reactive ketones (excluding diaryl/α,β-unsaturated/α-hetero) is 1. The molecular formula is C21H32O3. The van der Waals surface area contributed by atoms with Crippen molar-refractivity contribution in [3.63, 3.8) is 0 Å². The van der Waals surface area contributed by atoms with E-state index >= 15 is 0 Å². The molecule has 2 rings (SSSR count). The minimum Gasteiger partial charge on any atom is -0.457 e. The Balaban J connectivity index is 2.36. The average Bonchev–Trinajstić information content (AvgIpc) is 2.65. The zero-order valence-corrected chi connectivity index (χ0v) is 16.1. The van der Waals surface area contributed by atoms with Gasteiger partial charge in [0, 0.05) is 18.9 Å². The molecule has 0 N–H and O–H groups in total. The van der Waals surface area contributed by atoms with Crippen LogP contribution in [0.2, 0.25) is 0 Å². The van der Waals surface area contributed by atoms with Crippen LogP contribution in [0.3, 0.4) is 0 Å². The van der Waals surface area contributed by atoms with Gasteiger partial charge in [0.25, 0.3) is 0 Å². The van der Waals surface area contributed by atoms with E-state index in [9.17, 15) is 9.59 Å². The van der Waals surface area contributed by atoms with E-state index in [0.29, 0.717) is 17.8 Å². The molecule has 134 valence electrons. The van der Waals surface area contributed by atoms with Crippen molar-refractivity contribution in [2.75, 3.05) is 0 Å². The molecule has 24 heavy (non-hydrogen) atoms. The van der Waals surface area contributed by atoms with Gasteiger partial charge in [0.2, 0.25) is 0 Å². The fourth-order valence-corrected chi connectivity index (χ4v) is 4.84. The Bertz CT molecular complexity index is 592. The normalized spacial score (nSPS) is 31.2. The highest BCUT2D eigenvalue weighted by Crippen LogP contribution is 2.59. The van der Waals surface area contributed by atoms with E-state index in [-0.39, 0.29) is 23.3 Å². The van der Waals surface area contributed by atoms with Crippen molar-refractivity contribution in [1.82, 2.24) is 0 Å². The van der Waals surface area contributed by atoms with Crippen molar-refractivity contribution >= 4 is 11.8 Å². The van der Waals surface area contributed by atoms with Crippen molar-refractivity contribution in [3.05, 3.63) is 16.9 Å². The number of fused-ring (bicyclic) bond motifs is 1. The Morgan fingerprint density at radius 2 is 1.83 bits per heavy atom. The van der Waals surface area contributed by atoms with Gasteiger partial charge >= 0.3 is 5.97 Å². The second-order valence-electron chi connectivity index (χ2n) is 8.95. The number of hydrogen-bond acceptors (Lipinski definition) is 3. The lowest BCUT2D eigenvalue weighted by atomic mass is 9.60. The Morgan fingerprint density at radius 1 is 1.17 bits per heavy atom. The van der Waals surface area contributed by atoms with Crippen LogP contribution in [0, 0.1) is 16.7 Å². The molecule has 3 atom stereocenters. The van der Waals surface area contributed by atoms with Gasteiger partial charge in [-0.05, 0) is 68.3 Å². The fourth-order valence-electron chi connectivity index (χ4n) is 4.84. The molecule has 0 spiro atoms. The molecule has 0 saturated heterocycles. The number of ether oxygens (including phenoxy) is 1. The molecule has 0 aliphatic heterocycles. The van der Waals surface area contributed by atoms with Crippen LogP contribution in [0.25, 0.3) is 0 Å². The maximum Gasteiger partial charge on any atom is 0.303 e. The molecule has 0 bridgehead atoms. The van der Waals surface area contributed by atoms with Crippen molar-refractivity contribution in [2.24, 2.45) is 16.7 Å². The van der Waals surface area contributed by atoms with Crippen molar-refractivity contribution in [1.29, 1.82) is 0 Å². The van der Waals surface area contributed by atoms with Crippen molar-refractivity contribution < 1.29 is 14.3 Å². The second-order valence-corrected chi connectivity index (χ2v) is 8.95. The second kappa shape index (κ2) is 6.88. The maximum absolute atomic E-state index is 11.6. The van der Waals surface area contributed by atoms with Gasteiger partial charge in [-0.15, -0.1) is 5.73 Å². The summed E-state index contributed by atoms with van der Waals surface area (Å²) in [7, 11) is 0. The number of esters is 1. The lowest BCUT2D eigenvalue weighted by Crippen LogP contribution is -2.35. The van der Waals surface area contributed by atoms with Crippen molar-refractivity contribution in [2.45, 2.75) is 86.2 Å². The quantitative estimate of drug-likeness (QED) is 0.538. The van der Waals surface area contributed by atoms with Gasteiger partial charge < -0.3 is 9.53 Å². The summed E-state index contributed by atoms with van der Waals surface area (Å²) in [6.45, 7) is 12.2. The van der Waals surface area contributed by atoms with Crippen LogP contribution in [0.15, 0.2) is 16.9 Å². The van der Waals surface area contributed by atoms with Gasteiger partial charge in [0.15, 0.2) is 0 Å². The van der Waals surface area contributed by atoms with Crippen LogP contribution in [0.4, 0.5) is 0 Å². The fraction of sp³-hybridized carbons (Fsp3) is 0.762. The van der Waals surface area contributed by atoms with Gasteiger partial charge in [-0.25, -0.2) is 0 Å². The number of rotatable bonds is 4. The molecule has 0 radical (unpaired) electrons. The first-order valence-electron chi connectivity index (χ1n) is 9.15. The monoisotopic (exact) mass is 332 g/mol. The van der Waals surface area contributed by atoms with E-state index in [1.54, 1.807) is 6.92 Å². The summed E-state index contributed by atoms with van der Waals surface area (Å²) in [6, 6.07) is 0. The van der Waals surface area contributed by atoms with Gasteiger partial charge in [-0.1, -0.05) is 20.8 Å². The van der Waals surface area contributed by atoms with Gasteiger partial charge in [0.1, 0.15) is 11.9 Å². The topological polar surface area (TPSA) is 43.4 Å². The van der Waals surface area contributed by atoms with E-state index in [0.717, 1.165) is 36.8 Å². The third-order valence-corrected chi connectivity index (χ3v) is 5.73. The van der Waals surface area contributed by atoms with Crippen LogP contribution in [-0.4, -0.2) is 17.9 Å². The molecule has 0 aromatic carbocycles. The Morgan fingerprint density at radius 3 is 2.42 bits per heavy atom. The molecule has 2 aliphatic rings. The molecule has 2 saturated carbocycles. The summed E-state index contributed by atoms with van der Waals surface area (Å²) in [5.41, 5.74) is 6.31. The van der Waals surface area contributed by atoms with E-state index in [1.807, 2.05) is 6.92 Å². The van der Waals surface area contributed by atoms with E-state index in [1.165, 1.54) is 13.3 Å². The number of hydrogen-bond donors (Lipinski definition) is 0. The summed E-state index contributed by atoms with van der Waals surface area (Å²) in [4.78, 5) is 22.8. The van der Waals surface area contributed by atoms with Crippen LogP contribution in [-0.2, 0) is 14.3 Å². The van der Waals surface area contributed by atoms with E-state index < -0.39 is 0 Å². The van der Waals surface area contributed by atoms with Crippen LogP contribution >= 0.6 is 0 Å². The molecule has 2 fully saturated rings. The summed E-state index contributed by atoms with van der Waals surface area (Å²) < 4.78 is 5.66. The summed E-state index contributed by atoms with van der Waals surface area (Å²) in [6.07, 6.45) is 5.50. The van der Waals surface area contributed by atoms with Gasteiger partial charge in [-0.3, -0.25) is 4.79 Å². The number of carbonyl (C=O) groups is 2. The third-order valence-electron chi connectivity index (χ3n) is 5.73. The van der Waals surface area contributed by atoms with Crippen molar-refractivity contribution in [3.8, 4) is 0 Å². The molecule has 1 unspecified atom stereocenters. The Kier molecular flexibility index (Phi) is 5.44. The molecular weight excluding hydrogens is 300 g/mol. The molecule has 0 aromatic rings. The molecule has 2 aliphatic carbocycles. The van der Waals surface area contributed by atoms with Crippen LogP contribution in [0.5, 0.6) is 0 Å². The highest BCUT2D eigenvalue weighted by molar-refractivity contribution is 5.75. The number of carbonyl (C=O) groups excluding carboxylic acids is 2. The molecule has 3 nitrogen and oxygen atoms in total. The molecule has 0 amide bonds. The minimum atomic E-state index is -0.220. The lowest BCUT2D eigenvalue weighted by molar-refractivity contribution is -0.144. The summed E-state index contributed by atoms with van der Waals surface area (Å²) in [5.74, 6) is 0.415. The standard InChI is InChI=1S/C21H32O3/c1-14(7-8-15(2)22)11-17-18-9-10-20(4,5)13-21(18,6)12-19(17)24-16(3)23/h18-19H,7-10,12-13H2,1-6H3/t11?,18-,19?,21-/m1/s1. The average molecular weight is 332 g/mol. The summed E-state index contributed by atoms with van der Waals surface area (Å²) in [5, 5.41) is 0. The zero-order chi connectivity index (χ0) is 18.1. The lowest BCUT2D eigenvalue weighted by Gasteiger charge is -2.44. The maximum atomic E-state index is 11.6. The third kappa shape index (κ3) is 4.39. The van der Waals surface area contributed by atoms with E-state index in [4.69, 9.17) is 4.74 Å². The number of ketones is 1. The van der Waals surface area contributed by atoms with E-state index in [2.05, 4.69) is 26.5 Å². The first-order valence-corrected chi connectivity index (χ1v) is 9.15. The minimum absolute atomic E-state index is 0.154. The van der Waals surface area contributed by atoms with Crippen LogP contribution in [0.1, 0.15) is 80.1 Å². The first-order chi connectivity index (χ1) is 11.0. The largest absolute Gasteiger partial charge is 0.457 e. The highest BCUT2D eigenvalue weighted by Gasteiger charge is 2.53. The zero-order valence-electron chi connectivity index (χ0n) is 16.1. The predicted octanol–water partition coefficient (Wildman–Crippen LogP) is 5.00. The van der Waals surface area contributed by atoms with Gasteiger partial charge in [-0.2, -0.15) is 0 Å². The predicted molar refractivity (Wildman–Crippen MR) is 95.5 cm³/mol. The SMILES string of the molecule is CC(=O)CCC(C)=C=C1C(OC(C)=O)C[C@]2(C)CC(C)(C)CC[C@H]12. The molecule has 0 heterocycles.